The number of hydrogen-bond acceptors (Lipinski definition) is 2. The van der Waals surface area contributed by atoms with Crippen molar-refractivity contribution in [2.75, 3.05) is 0 Å². The van der Waals surface area contributed by atoms with Gasteiger partial charge in [0, 0.05) is 0 Å². The van der Waals surface area contributed by atoms with Crippen molar-refractivity contribution >= 4 is 6.41 Å². The van der Waals surface area contributed by atoms with Crippen molar-refractivity contribution in [1.82, 2.24) is 5.48 Å². The van der Waals surface area contributed by atoms with Gasteiger partial charge in [0.05, 0.1) is 0 Å². The van der Waals surface area contributed by atoms with Crippen molar-refractivity contribution in [2.24, 2.45) is 0 Å². The maximum atomic E-state index is 9.98. The zero-order valence-electron chi connectivity index (χ0n) is 8.49. The van der Waals surface area contributed by atoms with Crippen molar-refractivity contribution in [1.29, 1.82) is 0 Å². The molecule has 0 saturated carbocycles. The lowest BCUT2D eigenvalue weighted by Gasteiger charge is -2.11. The van der Waals surface area contributed by atoms with Crippen LogP contribution in [0.3, 0.4) is 0 Å². The smallest absolute Gasteiger partial charge is 0.230 e. The molecule has 0 saturated heterocycles. The minimum atomic E-state index is 0.410. The van der Waals surface area contributed by atoms with E-state index in [-0.39, 0.29) is 0 Å². The van der Waals surface area contributed by atoms with Gasteiger partial charge in [-0.3, -0.25) is 9.63 Å². The van der Waals surface area contributed by atoms with Crippen LogP contribution in [0.1, 0.15) is 30.9 Å². The van der Waals surface area contributed by atoms with E-state index in [4.69, 9.17) is 4.84 Å². The number of hydroxylamine groups is 1. The Bertz CT molecular complexity index is 297. The van der Waals surface area contributed by atoms with E-state index in [1.807, 2.05) is 18.2 Å². The monoisotopic (exact) mass is 193 g/mol. The SMILES string of the molecule is CC(C)c1ccccc1CONC=O. The van der Waals surface area contributed by atoms with Gasteiger partial charge in [-0.1, -0.05) is 38.1 Å². The van der Waals surface area contributed by atoms with Gasteiger partial charge in [0.1, 0.15) is 6.61 Å². The third kappa shape index (κ3) is 2.85. The summed E-state index contributed by atoms with van der Waals surface area (Å²) in [5.74, 6) is 0.464. The van der Waals surface area contributed by atoms with Crippen LogP contribution < -0.4 is 5.48 Å². The number of hydrogen-bond donors (Lipinski definition) is 1. The van der Waals surface area contributed by atoms with Crippen LogP contribution in [0, 0.1) is 0 Å². The minimum absolute atomic E-state index is 0.410. The molecule has 0 aromatic heterocycles. The maximum absolute atomic E-state index is 9.98. The predicted molar refractivity (Wildman–Crippen MR) is 54.5 cm³/mol. The van der Waals surface area contributed by atoms with Crippen molar-refractivity contribution in [2.45, 2.75) is 26.4 Å². The highest BCUT2D eigenvalue weighted by atomic mass is 16.6. The number of nitrogens with one attached hydrogen (secondary N) is 1. The van der Waals surface area contributed by atoms with Crippen LogP contribution in [0.4, 0.5) is 0 Å². The molecule has 0 bridgehead atoms. The van der Waals surface area contributed by atoms with Crippen LogP contribution in [-0.2, 0) is 16.2 Å². The Labute approximate surface area is 84.0 Å². The number of benzene rings is 1. The van der Waals surface area contributed by atoms with Gasteiger partial charge in [-0.2, -0.15) is 0 Å². The fraction of sp³-hybridized carbons (Fsp3) is 0.364. The highest BCUT2D eigenvalue weighted by molar-refractivity contribution is 5.43. The summed E-state index contributed by atoms with van der Waals surface area (Å²) in [6.07, 6.45) is 0.526. The zero-order valence-corrected chi connectivity index (χ0v) is 8.49. The van der Waals surface area contributed by atoms with E-state index in [1.54, 1.807) is 0 Å². The first-order chi connectivity index (χ1) is 6.75. The first-order valence-electron chi connectivity index (χ1n) is 4.64. The lowest BCUT2D eigenvalue weighted by atomic mass is 9.98. The molecule has 3 heteroatoms. The van der Waals surface area contributed by atoms with E-state index >= 15 is 0 Å². The van der Waals surface area contributed by atoms with Gasteiger partial charge in [-0.15, -0.1) is 0 Å². The van der Waals surface area contributed by atoms with Crippen LogP contribution >= 0.6 is 0 Å². The molecule has 76 valence electrons. The van der Waals surface area contributed by atoms with Crippen LogP contribution in [0.2, 0.25) is 0 Å². The molecule has 1 amide bonds. The Hall–Kier alpha value is -1.35. The normalized spacial score (nSPS) is 10.2. The lowest BCUT2D eigenvalue weighted by Crippen LogP contribution is -2.12. The summed E-state index contributed by atoms with van der Waals surface area (Å²) in [7, 11) is 0. The highest BCUT2D eigenvalue weighted by Crippen LogP contribution is 2.19. The molecule has 14 heavy (non-hydrogen) atoms. The Kier molecular flexibility index (Phi) is 4.13. The zero-order chi connectivity index (χ0) is 10.4. The van der Waals surface area contributed by atoms with Gasteiger partial charge >= 0.3 is 0 Å². The van der Waals surface area contributed by atoms with Gasteiger partial charge < -0.3 is 0 Å². The first-order valence-corrected chi connectivity index (χ1v) is 4.64. The van der Waals surface area contributed by atoms with Gasteiger partial charge in [-0.25, -0.2) is 5.48 Å². The average molecular weight is 193 g/mol. The van der Waals surface area contributed by atoms with Gasteiger partial charge in [0.25, 0.3) is 0 Å². The summed E-state index contributed by atoms with van der Waals surface area (Å²) in [5.41, 5.74) is 4.54. The topological polar surface area (TPSA) is 38.3 Å². The van der Waals surface area contributed by atoms with Crippen LogP contribution in [0.5, 0.6) is 0 Å². The molecule has 1 N–H and O–H groups in total. The Balaban J connectivity index is 2.69. The second-order valence-corrected chi connectivity index (χ2v) is 3.38. The molecule has 0 aliphatic rings. The van der Waals surface area contributed by atoms with Crippen molar-refractivity contribution in [3.63, 3.8) is 0 Å². The first kappa shape index (κ1) is 10.7. The largest absolute Gasteiger partial charge is 0.277 e. The fourth-order valence-electron chi connectivity index (χ4n) is 1.38. The summed E-state index contributed by atoms with van der Waals surface area (Å²) >= 11 is 0. The molecule has 0 radical (unpaired) electrons. The van der Waals surface area contributed by atoms with E-state index in [0.717, 1.165) is 5.56 Å². The standard InChI is InChI=1S/C11H15NO2/c1-9(2)11-6-4-3-5-10(11)7-14-12-8-13/h3-6,8-9H,7H2,1-2H3,(H,12,13). The summed E-state index contributed by atoms with van der Waals surface area (Å²) in [6, 6.07) is 8.05. The van der Waals surface area contributed by atoms with Crippen molar-refractivity contribution < 1.29 is 9.63 Å². The van der Waals surface area contributed by atoms with E-state index in [0.29, 0.717) is 18.9 Å². The van der Waals surface area contributed by atoms with E-state index in [2.05, 4.69) is 25.4 Å². The Morgan fingerprint density at radius 2 is 2.14 bits per heavy atom. The average Bonchev–Trinajstić information content (AvgIpc) is 2.19. The van der Waals surface area contributed by atoms with E-state index in [1.165, 1.54) is 5.56 Å². The molecule has 0 spiro atoms. The number of rotatable bonds is 5. The molecular weight excluding hydrogens is 178 g/mol. The summed E-state index contributed by atoms with van der Waals surface area (Å²) in [6.45, 7) is 4.67. The molecule has 1 aromatic carbocycles. The second kappa shape index (κ2) is 5.40. The minimum Gasteiger partial charge on any atom is -0.277 e. The van der Waals surface area contributed by atoms with Crippen LogP contribution in [0.15, 0.2) is 24.3 Å². The summed E-state index contributed by atoms with van der Waals surface area (Å²) in [4.78, 5) is 14.9. The van der Waals surface area contributed by atoms with Gasteiger partial charge in [0.15, 0.2) is 0 Å². The number of carbonyl (C=O) groups is 1. The molecule has 0 unspecified atom stereocenters. The third-order valence-electron chi connectivity index (χ3n) is 2.04. The molecular formula is C11H15NO2. The second-order valence-electron chi connectivity index (χ2n) is 3.38. The molecule has 0 aliphatic heterocycles. The lowest BCUT2D eigenvalue weighted by molar-refractivity contribution is -0.121. The molecule has 0 fully saturated rings. The molecule has 0 atom stereocenters. The van der Waals surface area contributed by atoms with Crippen LogP contribution in [-0.4, -0.2) is 6.41 Å². The Morgan fingerprint density at radius 1 is 1.43 bits per heavy atom. The summed E-state index contributed by atoms with van der Waals surface area (Å²) in [5, 5.41) is 0. The fourth-order valence-corrected chi connectivity index (χ4v) is 1.38. The predicted octanol–water partition coefficient (Wildman–Crippen LogP) is 1.99. The van der Waals surface area contributed by atoms with Crippen LogP contribution in [0.25, 0.3) is 0 Å². The summed E-state index contributed by atoms with van der Waals surface area (Å²) < 4.78 is 0. The van der Waals surface area contributed by atoms with E-state index < -0.39 is 0 Å². The molecule has 0 heterocycles. The third-order valence-corrected chi connectivity index (χ3v) is 2.04. The maximum Gasteiger partial charge on any atom is 0.230 e. The highest BCUT2D eigenvalue weighted by Gasteiger charge is 2.04. The molecule has 0 aliphatic carbocycles. The van der Waals surface area contributed by atoms with Crippen molar-refractivity contribution in [3.05, 3.63) is 35.4 Å². The number of carbonyl (C=O) groups excluding carboxylic acids is 1. The molecule has 1 aromatic rings. The molecule has 3 nitrogen and oxygen atoms in total. The van der Waals surface area contributed by atoms with Crippen molar-refractivity contribution in [3.8, 4) is 0 Å². The van der Waals surface area contributed by atoms with E-state index in [9.17, 15) is 4.79 Å². The molecule has 1 rings (SSSR count). The number of amides is 1. The van der Waals surface area contributed by atoms with Gasteiger partial charge in [0.2, 0.25) is 6.41 Å². The Morgan fingerprint density at radius 3 is 2.79 bits per heavy atom. The van der Waals surface area contributed by atoms with Gasteiger partial charge in [-0.05, 0) is 17.0 Å². The quantitative estimate of drug-likeness (QED) is 0.441.